The predicted octanol–water partition coefficient (Wildman–Crippen LogP) is 2.99. The van der Waals surface area contributed by atoms with Gasteiger partial charge < -0.3 is 9.84 Å². The Morgan fingerprint density at radius 2 is 1.71 bits per heavy atom. The summed E-state index contributed by atoms with van der Waals surface area (Å²) in [5.41, 5.74) is -0.237. The first kappa shape index (κ1) is 12.0. The Labute approximate surface area is 105 Å². The van der Waals surface area contributed by atoms with Gasteiger partial charge in [-0.3, -0.25) is 0 Å². The van der Waals surface area contributed by atoms with Gasteiger partial charge in [-0.15, -0.1) is 0 Å². The van der Waals surface area contributed by atoms with E-state index in [0.29, 0.717) is 11.8 Å². The molecule has 4 atom stereocenters. The Balaban J connectivity index is 1.72. The van der Waals surface area contributed by atoms with E-state index in [2.05, 4.69) is 27.7 Å². The van der Waals surface area contributed by atoms with Crippen LogP contribution in [0.25, 0.3) is 0 Å². The van der Waals surface area contributed by atoms with E-state index < -0.39 is 0 Å². The highest BCUT2D eigenvalue weighted by Crippen LogP contribution is 2.61. The van der Waals surface area contributed by atoms with Crippen LogP contribution in [-0.4, -0.2) is 22.4 Å². The van der Waals surface area contributed by atoms with Gasteiger partial charge in [0.1, 0.15) is 0 Å². The molecule has 0 aromatic carbocycles. The minimum atomic E-state index is -0.167. The molecule has 2 heteroatoms. The molecule has 4 unspecified atom stereocenters. The van der Waals surface area contributed by atoms with Crippen LogP contribution < -0.4 is 0 Å². The van der Waals surface area contributed by atoms with Gasteiger partial charge in [-0.05, 0) is 64.7 Å². The van der Waals surface area contributed by atoms with Crippen molar-refractivity contribution < 1.29 is 9.84 Å². The van der Waals surface area contributed by atoms with Crippen molar-refractivity contribution in [1.82, 2.24) is 0 Å². The first-order valence-corrected chi connectivity index (χ1v) is 7.20. The Hall–Kier alpha value is -0.0800. The van der Waals surface area contributed by atoms with Gasteiger partial charge in [-0.25, -0.2) is 0 Å². The number of aliphatic hydroxyl groups excluding tert-OH is 1. The topological polar surface area (TPSA) is 29.5 Å². The van der Waals surface area contributed by atoms with Crippen molar-refractivity contribution in [3.05, 3.63) is 0 Å². The van der Waals surface area contributed by atoms with Gasteiger partial charge >= 0.3 is 0 Å². The van der Waals surface area contributed by atoms with Gasteiger partial charge in [0.2, 0.25) is 0 Å². The molecule has 3 rings (SSSR count). The lowest BCUT2D eigenvalue weighted by atomic mass is 9.80. The summed E-state index contributed by atoms with van der Waals surface area (Å²) in [6.07, 6.45) is 4.95. The molecule has 0 spiro atoms. The van der Waals surface area contributed by atoms with Crippen molar-refractivity contribution in [2.45, 2.75) is 70.7 Å². The first-order valence-electron chi connectivity index (χ1n) is 7.20. The van der Waals surface area contributed by atoms with E-state index in [1.807, 2.05) is 0 Å². The maximum atomic E-state index is 10.7. The number of hydrogen-bond donors (Lipinski definition) is 1. The number of hydrogen-bond acceptors (Lipinski definition) is 2. The Morgan fingerprint density at radius 1 is 1.12 bits per heavy atom. The van der Waals surface area contributed by atoms with Crippen LogP contribution in [0.15, 0.2) is 0 Å². The lowest BCUT2D eigenvalue weighted by molar-refractivity contribution is -0.0907. The third kappa shape index (κ3) is 1.84. The average Bonchev–Trinajstić information content (AvgIpc) is 2.56. The monoisotopic (exact) mass is 238 g/mol. The minimum absolute atomic E-state index is 0.0703. The van der Waals surface area contributed by atoms with Gasteiger partial charge in [-0.2, -0.15) is 0 Å². The summed E-state index contributed by atoms with van der Waals surface area (Å²) in [7, 11) is 0. The number of aliphatic hydroxyl groups is 1. The molecule has 0 aromatic heterocycles. The molecule has 0 aromatic rings. The summed E-state index contributed by atoms with van der Waals surface area (Å²) in [6.45, 7) is 8.59. The van der Waals surface area contributed by atoms with E-state index in [-0.39, 0.29) is 17.3 Å². The zero-order chi connectivity index (χ0) is 12.4. The number of fused-ring (bicyclic) bond motifs is 1. The second-order valence-electron chi connectivity index (χ2n) is 7.60. The number of rotatable bonds is 2. The fourth-order valence-electron chi connectivity index (χ4n) is 4.79. The fraction of sp³-hybridized carbons (Fsp3) is 1.00. The molecule has 0 radical (unpaired) electrons. The van der Waals surface area contributed by atoms with E-state index in [1.165, 1.54) is 19.3 Å². The van der Waals surface area contributed by atoms with Crippen molar-refractivity contribution in [2.24, 2.45) is 23.7 Å². The second-order valence-corrected chi connectivity index (χ2v) is 7.60. The van der Waals surface area contributed by atoms with Crippen LogP contribution in [0, 0.1) is 23.7 Å². The molecular weight excluding hydrogens is 212 g/mol. The summed E-state index contributed by atoms with van der Waals surface area (Å²) in [5.74, 6) is 2.58. The Morgan fingerprint density at radius 3 is 2.18 bits per heavy atom. The van der Waals surface area contributed by atoms with Gasteiger partial charge in [0.25, 0.3) is 0 Å². The van der Waals surface area contributed by atoms with Crippen molar-refractivity contribution in [2.75, 3.05) is 0 Å². The fourth-order valence-corrected chi connectivity index (χ4v) is 4.79. The molecule has 1 N–H and O–H groups in total. The van der Waals surface area contributed by atoms with E-state index >= 15 is 0 Å². The normalized spacial score (nSPS) is 47.8. The lowest BCUT2D eigenvalue weighted by Crippen LogP contribution is -2.38. The van der Waals surface area contributed by atoms with Crippen LogP contribution in [-0.2, 0) is 4.74 Å². The minimum Gasteiger partial charge on any atom is -0.392 e. The molecule has 1 aliphatic heterocycles. The molecule has 1 saturated heterocycles. The molecule has 3 aliphatic rings. The summed E-state index contributed by atoms with van der Waals surface area (Å²) >= 11 is 0. The highest BCUT2D eigenvalue weighted by molar-refractivity contribution is 5.09. The highest BCUT2D eigenvalue weighted by atomic mass is 16.5. The molecule has 3 fully saturated rings. The van der Waals surface area contributed by atoms with Crippen LogP contribution in [0.2, 0.25) is 0 Å². The summed E-state index contributed by atoms with van der Waals surface area (Å²) in [6, 6.07) is 0. The van der Waals surface area contributed by atoms with E-state index in [1.54, 1.807) is 0 Å². The number of ether oxygens (including phenoxy) is 1. The molecule has 2 aliphatic carbocycles. The maximum Gasteiger partial charge on any atom is 0.0687 e. The third-order valence-electron chi connectivity index (χ3n) is 5.42. The van der Waals surface area contributed by atoms with Crippen LogP contribution in [0.5, 0.6) is 0 Å². The van der Waals surface area contributed by atoms with Crippen LogP contribution >= 0.6 is 0 Å². The second kappa shape index (κ2) is 3.48. The van der Waals surface area contributed by atoms with Crippen molar-refractivity contribution in [3.63, 3.8) is 0 Å². The highest BCUT2D eigenvalue weighted by Gasteiger charge is 2.60. The molecule has 2 nitrogen and oxygen atoms in total. The molecule has 17 heavy (non-hydrogen) atoms. The van der Waals surface area contributed by atoms with E-state index in [9.17, 15) is 5.11 Å². The third-order valence-corrected chi connectivity index (χ3v) is 5.42. The maximum absolute atomic E-state index is 10.7. The van der Waals surface area contributed by atoms with Crippen LogP contribution in [0.3, 0.4) is 0 Å². The molecule has 2 saturated carbocycles. The smallest absolute Gasteiger partial charge is 0.0687 e. The average molecular weight is 238 g/mol. The predicted molar refractivity (Wildman–Crippen MR) is 67.7 cm³/mol. The first-order chi connectivity index (χ1) is 7.82. The summed E-state index contributed by atoms with van der Waals surface area (Å²) in [5, 5.41) is 10.7. The van der Waals surface area contributed by atoms with Crippen LogP contribution in [0.4, 0.5) is 0 Å². The lowest BCUT2D eigenvalue weighted by Gasteiger charge is -2.31. The quantitative estimate of drug-likeness (QED) is 0.801. The van der Waals surface area contributed by atoms with Gasteiger partial charge in [0, 0.05) is 5.92 Å². The van der Waals surface area contributed by atoms with Gasteiger partial charge in [0.05, 0.1) is 17.3 Å². The van der Waals surface area contributed by atoms with Crippen molar-refractivity contribution in [1.29, 1.82) is 0 Å². The molecular formula is C15H26O2. The zero-order valence-corrected chi connectivity index (χ0v) is 11.6. The van der Waals surface area contributed by atoms with E-state index in [0.717, 1.165) is 18.3 Å². The SMILES string of the molecule is CC1(C)CC(C(O)C2C3CCCC32)C(C)(C)O1. The standard InChI is InChI=1S/C15H26O2/c1-14(2)8-11(15(3,4)17-14)13(16)12-9-6-5-7-10(9)12/h9-13,16H,5-8H2,1-4H3. The van der Waals surface area contributed by atoms with Crippen molar-refractivity contribution in [3.8, 4) is 0 Å². The Kier molecular flexibility index (Phi) is 2.45. The summed E-state index contributed by atoms with van der Waals surface area (Å²) < 4.78 is 6.11. The van der Waals surface area contributed by atoms with Crippen LogP contribution in [0.1, 0.15) is 53.4 Å². The Bertz CT molecular complexity index is 311. The van der Waals surface area contributed by atoms with Gasteiger partial charge in [0.15, 0.2) is 0 Å². The molecule has 0 bridgehead atoms. The molecule has 98 valence electrons. The van der Waals surface area contributed by atoms with Gasteiger partial charge in [-0.1, -0.05) is 6.42 Å². The molecule has 1 heterocycles. The zero-order valence-electron chi connectivity index (χ0n) is 11.6. The largest absolute Gasteiger partial charge is 0.392 e. The van der Waals surface area contributed by atoms with Crippen molar-refractivity contribution >= 4 is 0 Å². The van der Waals surface area contributed by atoms with E-state index in [4.69, 9.17) is 4.74 Å². The summed E-state index contributed by atoms with van der Waals surface area (Å²) in [4.78, 5) is 0. The molecule has 0 amide bonds.